The van der Waals surface area contributed by atoms with Gasteiger partial charge in [-0.2, -0.15) is 0 Å². The van der Waals surface area contributed by atoms with Gasteiger partial charge in [-0.25, -0.2) is 4.39 Å². The molecule has 0 aliphatic carbocycles. The fourth-order valence-electron chi connectivity index (χ4n) is 1.55. The summed E-state index contributed by atoms with van der Waals surface area (Å²) in [6, 6.07) is 9.84. The molecular weight excluding hydrogens is 296 g/mol. The molecule has 2 aromatic rings. The zero-order valence-corrected chi connectivity index (χ0v) is 11.5. The van der Waals surface area contributed by atoms with E-state index < -0.39 is 5.82 Å². The lowest BCUT2D eigenvalue weighted by Gasteiger charge is -2.10. The van der Waals surface area contributed by atoms with Crippen LogP contribution in [-0.4, -0.2) is 0 Å². The zero-order valence-electron chi connectivity index (χ0n) is 9.18. The Bertz CT molecular complexity index is 549. The third-order valence-electron chi connectivity index (χ3n) is 2.37. The van der Waals surface area contributed by atoms with Gasteiger partial charge in [-0.1, -0.05) is 46.9 Å². The quantitative estimate of drug-likeness (QED) is 0.800. The molecule has 0 heterocycles. The van der Waals surface area contributed by atoms with Gasteiger partial charge < -0.3 is 5.32 Å². The number of nitrogens with one attached hydrogen (secondary N) is 1. The maximum atomic E-state index is 13.0. The van der Waals surface area contributed by atoms with Crippen molar-refractivity contribution >= 4 is 40.5 Å². The summed E-state index contributed by atoms with van der Waals surface area (Å²) >= 11 is 17.7. The molecule has 2 rings (SSSR count). The Kier molecular flexibility index (Phi) is 4.33. The van der Waals surface area contributed by atoms with E-state index in [4.69, 9.17) is 34.8 Å². The SMILES string of the molecule is Fc1cc(Cl)c(NCc2cccc(Cl)c2)c(Cl)c1. The lowest BCUT2D eigenvalue weighted by Crippen LogP contribution is -2.01. The average Bonchev–Trinajstić information content (AvgIpc) is 2.27. The minimum absolute atomic E-state index is 0.252. The van der Waals surface area contributed by atoms with Gasteiger partial charge in [0.05, 0.1) is 15.7 Å². The van der Waals surface area contributed by atoms with Crippen molar-refractivity contribution in [1.82, 2.24) is 0 Å². The van der Waals surface area contributed by atoms with Gasteiger partial charge in [-0.15, -0.1) is 0 Å². The summed E-state index contributed by atoms with van der Waals surface area (Å²) in [5.41, 5.74) is 1.50. The van der Waals surface area contributed by atoms with Crippen LogP contribution >= 0.6 is 34.8 Å². The van der Waals surface area contributed by atoms with Crippen LogP contribution in [0.4, 0.5) is 10.1 Å². The van der Waals surface area contributed by atoms with Crippen molar-refractivity contribution in [2.75, 3.05) is 5.32 Å². The van der Waals surface area contributed by atoms with Crippen LogP contribution in [-0.2, 0) is 6.54 Å². The van der Waals surface area contributed by atoms with Crippen molar-refractivity contribution < 1.29 is 4.39 Å². The number of hydrogen-bond acceptors (Lipinski definition) is 1. The van der Waals surface area contributed by atoms with Crippen molar-refractivity contribution in [3.63, 3.8) is 0 Å². The zero-order chi connectivity index (χ0) is 13.1. The topological polar surface area (TPSA) is 12.0 Å². The fraction of sp³-hybridized carbons (Fsp3) is 0.0769. The van der Waals surface area contributed by atoms with Crippen molar-refractivity contribution in [2.45, 2.75) is 6.54 Å². The summed E-state index contributed by atoms with van der Waals surface area (Å²) in [4.78, 5) is 0. The number of anilines is 1. The molecule has 0 aliphatic rings. The molecule has 0 saturated heterocycles. The average molecular weight is 305 g/mol. The highest BCUT2D eigenvalue weighted by molar-refractivity contribution is 6.39. The fourth-order valence-corrected chi connectivity index (χ4v) is 2.36. The van der Waals surface area contributed by atoms with Crippen molar-refractivity contribution in [2.24, 2.45) is 0 Å². The van der Waals surface area contributed by atoms with E-state index in [0.717, 1.165) is 5.56 Å². The largest absolute Gasteiger partial charge is 0.379 e. The summed E-state index contributed by atoms with van der Waals surface area (Å²) in [7, 11) is 0. The Labute approximate surface area is 119 Å². The highest BCUT2D eigenvalue weighted by Gasteiger charge is 2.08. The summed E-state index contributed by atoms with van der Waals surface area (Å²) < 4.78 is 13.0. The molecule has 0 unspecified atom stereocenters. The molecule has 0 aliphatic heterocycles. The van der Waals surface area contributed by atoms with Gasteiger partial charge in [0.15, 0.2) is 0 Å². The monoisotopic (exact) mass is 303 g/mol. The van der Waals surface area contributed by atoms with Crippen LogP contribution in [0.5, 0.6) is 0 Å². The molecule has 0 saturated carbocycles. The molecule has 0 bridgehead atoms. The standard InChI is InChI=1S/C13H9Cl3FN/c14-9-3-1-2-8(4-9)7-18-13-11(15)5-10(17)6-12(13)16/h1-6,18H,7H2. The minimum atomic E-state index is -0.460. The number of halogens is 4. The first kappa shape index (κ1) is 13.5. The normalized spacial score (nSPS) is 10.4. The third kappa shape index (κ3) is 3.29. The lowest BCUT2D eigenvalue weighted by atomic mass is 10.2. The van der Waals surface area contributed by atoms with Gasteiger partial charge in [-0.3, -0.25) is 0 Å². The highest BCUT2D eigenvalue weighted by atomic mass is 35.5. The Hall–Kier alpha value is -0.960. The Morgan fingerprint density at radius 1 is 1.00 bits per heavy atom. The van der Waals surface area contributed by atoms with Crippen LogP contribution in [0.15, 0.2) is 36.4 Å². The van der Waals surface area contributed by atoms with Crippen LogP contribution in [0, 0.1) is 5.82 Å². The smallest absolute Gasteiger partial charge is 0.126 e. The van der Waals surface area contributed by atoms with Crippen LogP contribution in [0.1, 0.15) is 5.56 Å². The molecule has 0 radical (unpaired) electrons. The summed E-state index contributed by atoms with van der Waals surface area (Å²) in [5, 5.41) is 4.22. The molecule has 18 heavy (non-hydrogen) atoms. The number of benzene rings is 2. The number of rotatable bonds is 3. The van der Waals surface area contributed by atoms with E-state index in [1.54, 1.807) is 6.07 Å². The molecule has 94 valence electrons. The maximum absolute atomic E-state index is 13.0. The van der Waals surface area contributed by atoms with Crippen LogP contribution in [0.3, 0.4) is 0 Å². The van der Waals surface area contributed by atoms with E-state index in [0.29, 0.717) is 17.3 Å². The van der Waals surface area contributed by atoms with Crippen LogP contribution in [0.25, 0.3) is 0 Å². The Morgan fingerprint density at radius 3 is 2.28 bits per heavy atom. The van der Waals surface area contributed by atoms with E-state index in [1.807, 2.05) is 18.2 Å². The molecular formula is C13H9Cl3FN. The first-order valence-corrected chi connectivity index (χ1v) is 6.32. The van der Waals surface area contributed by atoms with E-state index >= 15 is 0 Å². The predicted octanol–water partition coefficient (Wildman–Crippen LogP) is 5.40. The molecule has 5 heteroatoms. The Balaban J connectivity index is 2.16. The first-order chi connectivity index (χ1) is 8.56. The predicted molar refractivity (Wildman–Crippen MR) is 75.2 cm³/mol. The second-order valence-electron chi connectivity index (χ2n) is 3.73. The van der Waals surface area contributed by atoms with Gasteiger partial charge in [0.1, 0.15) is 5.82 Å². The van der Waals surface area contributed by atoms with E-state index in [-0.39, 0.29) is 10.0 Å². The second kappa shape index (κ2) is 5.79. The van der Waals surface area contributed by atoms with Gasteiger partial charge >= 0.3 is 0 Å². The third-order valence-corrected chi connectivity index (χ3v) is 3.20. The van der Waals surface area contributed by atoms with Gasteiger partial charge in [0, 0.05) is 11.6 Å². The van der Waals surface area contributed by atoms with Crippen molar-refractivity contribution in [3.05, 3.63) is 62.8 Å². The molecule has 0 atom stereocenters. The molecule has 0 fully saturated rings. The molecule has 0 aromatic heterocycles. The second-order valence-corrected chi connectivity index (χ2v) is 4.98. The van der Waals surface area contributed by atoms with Crippen molar-refractivity contribution in [1.29, 1.82) is 0 Å². The molecule has 0 spiro atoms. The van der Waals surface area contributed by atoms with E-state index in [2.05, 4.69) is 5.32 Å². The highest BCUT2D eigenvalue weighted by Crippen LogP contribution is 2.31. The lowest BCUT2D eigenvalue weighted by molar-refractivity contribution is 0.628. The maximum Gasteiger partial charge on any atom is 0.126 e. The Morgan fingerprint density at radius 2 is 1.67 bits per heavy atom. The van der Waals surface area contributed by atoms with Gasteiger partial charge in [0.2, 0.25) is 0 Å². The van der Waals surface area contributed by atoms with E-state index in [9.17, 15) is 4.39 Å². The summed E-state index contributed by atoms with van der Waals surface area (Å²) in [6.45, 7) is 0.506. The number of hydrogen-bond donors (Lipinski definition) is 1. The summed E-state index contributed by atoms with van der Waals surface area (Å²) in [5.74, 6) is -0.460. The molecule has 1 N–H and O–H groups in total. The molecule has 1 nitrogen and oxygen atoms in total. The minimum Gasteiger partial charge on any atom is -0.379 e. The van der Waals surface area contributed by atoms with Crippen LogP contribution in [0.2, 0.25) is 15.1 Å². The van der Waals surface area contributed by atoms with Crippen LogP contribution < -0.4 is 5.32 Å². The van der Waals surface area contributed by atoms with Gasteiger partial charge in [0.25, 0.3) is 0 Å². The van der Waals surface area contributed by atoms with E-state index in [1.165, 1.54) is 12.1 Å². The van der Waals surface area contributed by atoms with Crippen molar-refractivity contribution in [3.8, 4) is 0 Å². The molecule has 0 amide bonds. The molecule has 2 aromatic carbocycles. The summed E-state index contributed by atoms with van der Waals surface area (Å²) in [6.07, 6.45) is 0. The first-order valence-electron chi connectivity index (χ1n) is 5.19. The van der Waals surface area contributed by atoms with Gasteiger partial charge in [-0.05, 0) is 29.8 Å².